The molecular formula is C12H16N4O2. The summed E-state index contributed by atoms with van der Waals surface area (Å²) in [5.74, 6) is 1.18. The first-order valence-corrected chi connectivity index (χ1v) is 5.64. The average Bonchev–Trinajstić information content (AvgIpc) is 2.68. The first-order chi connectivity index (χ1) is 8.54. The van der Waals surface area contributed by atoms with Crippen molar-refractivity contribution in [1.29, 1.82) is 0 Å². The normalized spacial score (nSPS) is 10.7. The van der Waals surface area contributed by atoms with Crippen molar-refractivity contribution in [3.63, 3.8) is 0 Å². The van der Waals surface area contributed by atoms with Crippen molar-refractivity contribution < 1.29 is 9.47 Å². The van der Waals surface area contributed by atoms with E-state index in [2.05, 4.69) is 10.1 Å². The monoisotopic (exact) mass is 248 g/mol. The minimum absolute atomic E-state index is 0.0514. The van der Waals surface area contributed by atoms with Gasteiger partial charge < -0.3 is 15.2 Å². The summed E-state index contributed by atoms with van der Waals surface area (Å²) < 4.78 is 12.6. The summed E-state index contributed by atoms with van der Waals surface area (Å²) in [7, 11) is 1.77. The number of nitrogen functional groups attached to an aromatic ring is 1. The highest BCUT2D eigenvalue weighted by atomic mass is 16.5. The van der Waals surface area contributed by atoms with Gasteiger partial charge in [0.05, 0.1) is 11.8 Å². The largest absolute Gasteiger partial charge is 0.489 e. The summed E-state index contributed by atoms with van der Waals surface area (Å²) >= 11 is 0. The van der Waals surface area contributed by atoms with E-state index < -0.39 is 0 Å². The minimum atomic E-state index is 0.0514. The lowest BCUT2D eigenvalue weighted by Gasteiger charge is -2.12. The maximum atomic E-state index is 5.82. The van der Waals surface area contributed by atoms with Gasteiger partial charge in [0.2, 0.25) is 0 Å². The maximum absolute atomic E-state index is 5.82. The topological polar surface area (TPSA) is 75.2 Å². The third-order valence-corrected chi connectivity index (χ3v) is 2.14. The number of hydrogen-bond donors (Lipinski definition) is 1. The molecule has 0 saturated carbocycles. The highest BCUT2D eigenvalue weighted by molar-refractivity contribution is 5.55. The Morgan fingerprint density at radius 2 is 2.11 bits per heavy atom. The number of nitrogens with zero attached hydrogens (tertiary/aromatic N) is 3. The zero-order valence-corrected chi connectivity index (χ0v) is 10.6. The van der Waals surface area contributed by atoms with Crippen LogP contribution in [0.5, 0.6) is 17.5 Å². The van der Waals surface area contributed by atoms with Crippen LogP contribution in [0.1, 0.15) is 13.8 Å². The predicted octanol–water partition coefficient (Wildman–Crippen LogP) is 1.98. The van der Waals surface area contributed by atoms with Crippen molar-refractivity contribution in [2.45, 2.75) is 20.0 Å². The number of rotatable bonds is 4. The Morgan fingerprint density at radius 1 is 1.33 bits per heavy atom. The highest BCUT2D eigenvalue weighted by Gasteiger charge is 2.07. The second-order valence-electron chi connectivity index (χ2n) is 4.17. The molecule has 2 N–H and O–H groups in total. The molecule has 6 heteroatoms. The van der Waals surface area contributed by atoms with E-state index >= 15 is 0 Å². The Kier molecular flexibility index (Phi) is 3.36. The van der Waals surface area contributed by atoms with Gasteiger partial charge in [-0.15, -0.1) is 5.10 Å². The van der Waals surface area contributed by atoms with Crippen LogP contribution in [0.3, 0.4) is 0 Å². The quantitative estimate of drug-likeness (QED) is 0.837. The number of aromatic nitrogens is 3. The summed E-state index contributed by atoms with van der Waals surface area (Å²) in [4.78, 5) is 3.98. The predicted molar refractivity (Wildman–Crippen MR) is 67.7 cm³/mol. The Hall–Kier alpha value is -2.24. The van der Waals surface area contributed by atoms with E-state index in [1.54, 1.807) is 36.3 Å². The molecule has 0 atom stereocenters. The van der Waals surface area contributed by atoms with Crippen LogP contribution in [0.15, 0.2) is 24.5 Å². The first kappa shape index (κ1) is 12.2. The zero-order valence-electron chi connectivity index (χ0n) is 10.6. The van der Waals surface area contributed by atoms with Gasteiger partial charge in [-0.05, 0) is 26.0 Å². The lowest BCUT2D eigenvalue weighted by Crippen LogP contribution is -2.07. The Morgan fingerprint density at radius 3 is 2.72 bits per heavy atom. The Bertz CT molecular complexity index is 537. The van der Waals surface area contributed by atoms with Crippen LogP contribution in [-0.2, 0) is 7.05 Å². The summed E-state index contributed by atoms with van der Waals surface area (Å²) in [6.07, 6.45) is 1.62. The fourth-order valence-electron chi connectivity index (χ4n) is 1.41. The molecule has 0 bridgehead atoms. The zero-order chi connectivity index (χ0) is 13.1. The first-order valence-electron chi connectivity index (χ1n) is 5.64. The van der Waals surface area contributed by atoms with Crippen LogP contribution < -0.4 is 15.2 Å². The Balaban J connectivity index is 2.18. The lowest BCUT2D eigenvalue weighted by molar-refractivity contribution is 0.243. The van der Waals surface area contributed by atoms with Crippen LogP contribution >= 0.6 is 0 Å². The van der Waals surface area contributed by atoms with Crippen molar-refractivity contribution in [3.05, 3.63) is 24.5 Å². The van der Waals surface area contributed by atoms with E-state index in [0.29, 0.717) is 17.2 Å². The molecule has 0 radical (unpaired) electrons. The van der Waals surface area contributed by atoms with Crippen LogP contribution in [0.2, 0.25) is 0 Å². The number of hydrogen-bond acceptors (Lipinski definition) is 5. The van der Waals surface area contributed by atoms with Crippen LogP contribution in [0.4, 0.5) is 5.69 Å². The summed E-state index contributed by atoms with van der Waals surface area (Å²) in [6, 6.07) is 5.50. The third-order valence-electron chi connectivity index (χ3n) is 2.14. The molecule has 18 heavy (non-hydrogen) atoms. The van der Waals surface area contributed by atoms with E-state index in [9.17, 15) is 0 Å². The molecule has 0 aliphatic heterocycles. The van der Waals surface area contributed by atoms with E-state index in [1.807, 2.05) is 13.8 Å². The second-order valence-corrected chi connectivity index (χ2v) is 4.17. The van der Waals surface area contributed by atoms with Gasteiger partial charge in [0.15, 0.2) is 0 Å². The number of aryl methyl sites for hydroxylation is 1. The van der Waals surface area contributed by atoms with Gasteiger partial charge in [0, 0.05) is 13.1 Å². The van der Waals surface area contributed by atoms with Crippen molar-refractivity contribution in [2.24, 2.45) is 7.05 Å². The fraction of sp³-hybridized carbons (Fsp3) is 0.333. The number of nitrogens with two attached hydrogens (primary N) is 1. The van der Waals surface area contributed by atoms with Crippen LogP contribution in [0, 0.1) is 0 Å². The van der Waals surface area contributed by atoms with Gasteiger partial charge >= 0.3 is 6.01 Å². The van der Waals surface area contributed by atoms with Gasteiger partial charge in [0.25, 0.3) is 0 Å². The molecule has 0 amide bonds. The fourth-order valence-corrected chi connectivity index (χ4v) is 1.41. The molecule has 1 heterocycles. The second kappa shape index (κ2) is 4.95. The van der Waals surface area contributed by atoms with Gasteiger partial charge in [-0.3, -0.25) is 4.68 Å². The molecule has 2 rings (SSSR count). The molecule has 96 valence electrons. The van der Waals surface area contributed by atoms with Gasteiger partial charge in [-0.2, -0.15) is 4.98 Å². The van der Waals surface area contributed by atoms with Crippen LogP contribution in [0.25, 0.3) is 0 Å². The minimum Gasteiger partial charge on any atom is -0.489 e. The lowest BCUT2D eigenvalue weighted by atomic mass is 10.3. The summed E-state index contributed by atoms with van der Waals surface area (Å²) in [6.45, 7) is 3.88. The molecule has 0 saturated heterocycles. The van der Waals surface area contributed by atoms with E-state index in [4.69, 9.17) is 15.2 Å². The number of anilines is 1. The smallest absolute Gasteiger partial charge is 0.340 e. The SMILES string of the molecule is CC(C)Oc1cc(Oc2ncn(C)n2)ccc1N. The van der Waals surface area contributed by atoms with Gasteiger partial charge in [-0.25, -0.2) is 0 Å². The molecule has 6 nitrogen and oxygen atoms in total. The molecule has 0 spiro atoms. The maximum Gasteiger partial charge on any atom is 0.340 e. The standard InChI is InChI=1S/C12H16N4O2/c1-8(2)17-11-6-9(4-5-10(11)13)18-12-14-7-16(3)15-12/h4-8H,13H2,1-3H3. The molecular weight excluding hydrogens is 232 g/mol. The van der Waals surface area contributed by atoms with Gasteiger partial charge in [-0.1, -0.05) is 0 Å². The van der Waals surface area contributed by atoms with E-state index in [1.165, 1.54) is 0 Å². The molecule has 0 aliphatic rings. The Labute approximate surface area is 105 Å². The van der Waals surface area contributed by atoms with Crippen molar-refractivity contribution in [1.82, 2.24) is 14.8 Å². The average molecular weight is 248 g/mol. The highest BCUT2D eigenvalue weighted by Crippen LogP contribution is 2.29. The van der Waals surface area contributed by atoms with E-state index in [-0.39, 0.29) is 12.1 Å². The molecule has 0 aliphatic carbocycles. The summed E-state index contributed by atoms with van der Waals surface area (Å²) in [5.41, 5.74) is 6.39. The molecule has 0 fully saturated rings. The van der Waals surface area contributed by atoms with Gasteiger partial charge in [0.1, 0.15) is 17.8 Å². The number of benzene rings is 1. The third kappa shape index (κ3) is 2.91. The molecule has 1 aromatic heterocycles. The molecule has 1 aromatic carbocycles. The van der Waals surface area contributed by atoms with Crippen LogP contribution in [-0.4, -0.2) is 20.9 Å². The number of ether oxygens (including phenoxy) is 2. The van der Waals surface area contributed by atoms with E-state index in [0.717, 1.165) is 0 Å². The van der Waals surface area contributed by atoms with Crippen molar-refractivity contribution >= 4 is 5.69 Å². The summed E-state index contributed by atoms with van der Waals surface area (Å²) in [5, 5.41) is 4.03. The van der Waals surface area contributed by atoms with Crippen molar-refractivity contribution in [2.75, 3.05) is 5.73 Å². The molecule has 0 unspecified atom stereocenters. The van der Waals surface area contributed by atoms with Crippen molar-refractivity contribution in [3.8, 4) is 17.5 Å². The molecule has 2 aromatic rings.